The van der Waals surface area contributed by atoms with Crippen molar-refractivity contribution in [2.45, 2.75) is 26.8 Å². The van der Waals surface area contributed by atoms with Crippen LogP contribution in [0.4, 0.5) is 5.82 Å². The van der Waals surface area contributed by atoms with Crippen molar-refractivity contribution in [1.82, 2.24) is 19.4 Å². The number of amides is 1. The van der Waals surface area contributed by atoms with Crippen molar-refractivity contribution in [2.24, 2.45) is 5.92 Å². The molecule has 0 spiro atoms. The van der Waals surface area contributed by atoms with E-state index in [-0.39, 0.29) is 37.0 Å². The van der Waals surface area contributed by atoms with E-state index in [9.17, 15) is 19.2 Å². The number of piperazine rings is 1. The molecule has 0 aromatic carbocycles. The zero-order valence-corrected chi connectivity index (χ0v) is 16.7. The number of ether oxygens (including phenoxy) is 1. The number of hydrogen-bond donors (Lipinski definition) is 2. The molecule has 28 heavy (non-hydrogen) atoms. The number of nitrogens with zero attached hydrogens (tertiary/aromatic N) is 3. The Morgan fingerprint density at radius 2 is 1.82 bits per heavy atom. The Kier molecular flexibility index (Phi) is 7.53. The van der Waals surface area contributed by atoms with Gasteiger partial charge in [0.15, 0.2) is 5.78 Å². The van der Waals surface area contributed by atoms with Crippen LogP contribution in [0.25, 0.3) is 0 Å². The number of carbonyl (C=O) groups excluding carboxylic acids is 2. The number of nitrogens with two attached hydrogens (primary N) is 1. The van der Waals surface area contributed by atoms with Crippen LogP contribution in [0, 0.1) is 5.92 Å². The Morgan fingerprint density at radius 1 is 1.18 bits per heavy atom. The minimum atomic E-state index is -0.785. The summed E-state index contributed by atoms with van der Waals surface area (Å²) in [6, 6.07) is 0. The second kappa shape index (κ2) is 9.65. The van der Waals surface area contributed by atoms with Crippen LogP contribution in [0.2, 0.25) is 0 Å². The molecule has 0 aliphatic carbocycles. The van der Waals surface area contributed by atoms with Crippen LogP contribution in [0.3, 0.4) is 0 Å². The second-order valence-corrected chi connectivity index (χ2v) is 7.34. The number of aromatic nitrogens is 2. The standard InChI is InChI=1S/C18H29N5O5/c1-12(2)10-14(25)22-6-4-21(5-7-22)11-13(24)15-16(19)23(8-9-28-3)18(27)20-17(15)26/h12H,4-11,19H2,1-3H3,(H,20,26,27). The smallest absolute Gasteiger partial charge is 0.330 e. The third-order valence-corrected chi connectivity index (χ3v) is 4.71. The molecular weight excluding hydrogens is 366 g/mol. The molecule has 1 aliphatic heterocycles. The van der Waals surface area contributed by atoms with E-state index in [1.54, 1.807) is 4.90 Å². The maximum Gasteiger partial charge on any atom is 0.330 e. The number of ketones is 1. The average molecular weight is 395 g/mol. The van der Waals surface area contributed by atoms with Crippen molar-refractivity contribution in [3.63, 3.8) is 0 Å². The van der Waals surface area contributed by atoms with Crippen molar-refractivity contribution in [1.29, 1.82) is 0 Å². The molecule has 1 amide bonds. The minimum absolute atomic E-state index is 0.00196. The number of nitrogen functional groups attached to an aromatic ring is 1. The number of aromatic amines is 1. The molecule has 2 rings (SSSR count). The summed E-state index contributed by atoms with van der Waals surface area (Å²) in [5.41, 5.74) is 4.26. The van der Waals surface area contributed by atoms with Gasteiger partial charge in [-0.3, -0.25) is 28.8 Å². The largest absolute Gasteiger partial charge is 0.384 e. The molecule has 10 nitrogen and oxygen atoms in total. The van der Waals surface area contributed by atoms with Crippen LogP contribution < -0.4 is 17.0 Å². The predicted molar refractivity (Wildman–Crippen MR) is 104 cm³/mol. The molecule has 1 saturated heterocycles. The number of anilines is 1. The normalized spacial score (nSPS) is 15.2. The van der Waals surface area contributed by atoms with Crippen LogP contribution in [0.15, 0.2) is 9.59 Å². The lowest BCUT2D eigenvalue weighted by Gasteiger charge is -2.34. The Morgan fingerprint density at radius 3 is 2.39 bits per heavy atom. The lowest BCUT2D eigenvalue weighted by molar-refractivity contribution is -0.133. The summed E-state index contributed by atoms with van der Waals surface area (Å²) in [6.45, 7) is 6.51. The van der Waals surface area contributed by atoms with E-state index in [0.29, 0.717) is 38.5 Å². The maximum atomic E-state index is 12.7. The van der Waals surface area contributed by atoms with Crippen LogP contribution in [0.5, 0.6) is 0 Å². The fourth-order valence-electron chi connectivity index (χ4n) is 3.18. The molecular formula is C18H29N5O5. The zero-order chi connectivity index (χ0) is 20.8. The van der Waals surface area contributed by atoms with Crippen molar-refractivity contribution < 1.29 is 14.3 Å². The number of methoxy groups -OCH3 is 1. The predicted octanol–water partition coefficient (Wildman–Crippen LogP) is -0.862. The summed E-state index contributed by atoms with van der Waals surface area (Å²) >= 11 is 0. The SMILES string of the molecule is COCCn1c(N)c(C(=O)CN2CCN(C(=O)CC(C)C)CC2)c(=O)[nH]c1=O. The van der Waals surface area contributed by atoms with Gasteiger partial charge < -0.3 is 15.4 Å². The van der Waals surface area contributed by atoms with E-state index in [1.165, 1.54) is 7.11 Å². The monoisotopic (exact) mass is 395 g/mol. The van der Waals surface area contributed by atoms with Gasteiger partial charge in [-0.2, -0.15) is 0 Å². The molecule has 3 N–H and O–H groups in total. The van der Waals surface area contributed by atoms with E-state index in [1.807, 2.05) is 18.7 Å². The summed E-state index contributed by atoms with van der Waals surface area (Å²) in [5.74, 6) is -0.184. The molecule has 1 aliphatic rings. The van der Waals surface area contributed by atoms with E-state index in [4.69, 9.17) is 10.5 Å². The van der Waals surface area contributed by atoms with Gasteiger partial charge in [0.2, 0.25) is 5.91 Å². The first-order chi connectivity index (χ1) is 13.2. The topological polar surface area (TPSA) is 131 Å². The lowest BCUT2D eigenvalue weighted by Crippen LogP contribution is -2.50. The van der Waals surface area contributed by atoms with Crippen molar-refractivity contribution in [3.8, 4) is 0 Å². The van der Waals surface area contributed by atoms with E-state index in [2.05, 4.69) is 4.98 Å². The van der Waals surface area contributed by atoms with E-state index < -0.39 is 17.0 Å². The van der Waals surface area contributed by atoms with Gasteiger partial charge in [-0.1, -0.05) is 13.8 Å². The lowest BCUT2D eigenvalue weighted by atomic mass is 10.1. The number of H-pyrrole nitrogens is 1. The molecule has 1 aromatic heterocycles. The Bertz CT molecular complexity index is 821. The van der Waals surface area contributed by atoms with Crippen LogP contribution >= 0.6 is 0 Å². The van der Waals surface area contributed by atoms with Gasteiger partial charge in [0, 0.05) is 39.7 Å². The van der Waals surface area contributed by atoms with Crippen LogP contribution in [-0.2, 0) is 16.1 Å². The first-order valence-corrected chi connectivity index (χ1v) is 9.39. The molecule has 0 bridgehead atoms. The minimum Gasteiger partial charge on any atom is -0.384 e. The zero-order valence-electron chi connectivity index (χ0n) is 16.7. The highest BCUT2D eigenvalue weighted by Crippen LogP contribution is 2.10. The number of Topliss-reactive ketones (excluding diaryl/α,β-unsaturated/α-hetero) is 1. The molecule has 0 radical (unpaired) electrons. The summed E-state index contributed by atoms with van der Waals surface area (Å²) in [6.07, 6.45) is 0.508. The Labute approximate surface area is 163 Å². The fraction of sp³-hybridized carbons (Fsp3) is 0.667. The van der Waals surface area contributed by atoms with Crippen molar-refractivity contribution >= 4 is 17.5 Å². The summed E-state index contributed by atoms with van der Waals surface area (Å²) in [5, 5.41) is 0. The molecule has 156 valence electrons. The number of hydrogen-bond acceptors (Lipinski definition) is 7. The van der Waals surface area contributed by atoms with E-state index >= 15 is 0 Å². The summed E-state index contributed by atoms with van der Waals surface area (Å²) in [7, 11) is 1.48. The van der Waals surface area contributed by atoms with Gasteiger partial charge in [-0.25, -0.2) is 4.79 Å². The highest BCUT2D eigenvalue weighted by atomic mass is 16.5. The van der Waals surface area contributed by atoms with Crippen molar-refractivity contribution in [3.05, 3.63) is 26.4 Å². The maximum absolute atomic E-state index is 12.7. The molecule has 0 saturated carbocycles. The first-order valence-electron chi connectivity index (χ1n) is 9.39. The highest BCUT2D eigenvalue weighted by Gasteiger charge is 2.25. The van der Waals surface area contributed by atoms with E-state index in [0.717, 1.165) is 4.57 Å². The first kappa shape index (κ1) is 21.8. The van der Waals surface area contributed by atoms with Gasteiger partial charge in [-0.15, -0.1) is 0 Å². The van der Waals surface area contributed by atoms with Gasteiger partial charge in [0.1, 0.15) is 11.4 Å². The third-order valence-electron chi connectivity index (χ3n) is 4.71. The van der Waals surface area contributed by atoms with Gasteiger partial charge in [0.05, 0.1) is 19.7 Å². The fourth-order valence-corrected chi connectivity index (χ4v) is 3.18. The summed E-state index contributed by atoms with van der Waals surface area (Å²) in [4.78, 5) is 54.7. The van der Waals surface area contributed by atoms with Crippen LogP contribution in [-0.4, -0.2) is 77.5 Å². The Hall–Kier alpha value is -2.46. The van der Waals surface area contributed by atoms with Gasteiger partial charge in [0.25, 0.3) is 5.56 Å². The molecule has 0 atom stereocenters. The number of nitrogens with one attached hydrogen (secondary N) is 1. The number of rotatable bonds is 8. The third kappa shape index (κ3) is 5.29. The quantitative estimate of drug-likeness (QED) is 0.548. The molecule has 1 fully saturated rings. The molecule has 2 heterocycles. The van der Waals surface area contributed by atoms with Crippen LogP contribution in [0.1, 0.15) is 30.6 Å². The van der Waals surface area contributed by atoms with Gasteiger partial charge in [-0.05, 0) is 5.92 Å². The van der Waals surface area contributed by atoms with Crippen molar-refractivity contribution in [2.75, 3.05) is 52.2 Å². The average Bonchev–Trinajstić information content (AvgIpc) is 2.61. The number of carbonyl (C=O) groups is 2. The van der Waals surface area contributed by atoms with Gasteiger partial charge >= 0.3 is 5.69 Å². The molecule has 0 unspecified atom stereocenters. The Balaban J connectivity index is 2.05. The second-order valence-electron chi connectivity index (χ2n) is 7.34. The molecule has 1 aromatic rings. The molecule has 10 heteroatoms. The summed E-state index contributed by atoms with van der Waals surface area (Å²) < 4.78 is 6.05. The highest BCUT2D eigenvalue weighted by molar-refractivity contribution is 6.01.